The number of benzene rings is 1. The lowest BCUT2D eigenvalue weighted by Gasteiger charge is -2.08. The normalized spacial score (nSPS) is 18.5. The first-order valence-electron chi connectivity index (χ1n) is 9.51. The molecule has 140 valence electrons. The first-order chi connectivity index (χ1) is 13.6. The van der Waals surface area contributed by atoms with Gasteiger partial charge in [-0.3, -0.25) is 0 Å². The number of aryl methyl sites for hydroxylation is 1. The molecule has 3 heterocycles. The molecule has 1 fully saturated rings. The molecule has 1 aliphatic rings. The lowest BCUT2D eigenvalue weighted by atomic mass is 10.1. The van der Waals surface area contributed by atoms with Gasteiger partial charge < -0.3 is 16.0 Å². The maximum atomic E-state index is 5.86. The van der Waals surface area contributed by atoms with E-state index >= 15 is 0 Å². The number of nitrogens with zero attached hydrogens (tertiary/aromatic N) is 4. The van der Waals surface area contributed by atoms with Gasteiger partial charge in [-0.15, -0.1) is 0 Å². The van der Waals surface area contributed by atoms with Crippen molar-refractivity contribution < 1.29 is 0 Å². The predicted octanol–water partition coefficient (Wildman–Crippen LogP) is 3.77. The second-order valence-corrected chi connectivity index (χ2v) is 7.53. The van der Waals surface area contributed by atoms with Gasteiger partial charge in [-0.05, 0) is 55.5 Å². The number of imidazole rings is 1. The molecule has 0 radical (unpaired) electrons. The highest BCUT2D eigenvalue weighted by molar-refractivity contribution is 5.77. The lowest BCUT2D eigenvalue weighted by Crippen LogP contribution is -2.02. The zero-order valence-corrected chi connectivity index (χ0v) is 15.7. The highest BCUT2D eigenvalue weighted by atomic mass is 15.2. The first-order valence-corrected chi connectivity index (χ1v) is 9.51. The van der Waals surface area contributed by atoms with Crippen LogP contribution in [0.15, 0.2) is 54.6 Å². The van der Waals surface area contributed by atoms with Gasteiger partial charge in [-0.25, -0.2) is 15.0 Å². The van der Waals surface area contributed by atoms with Gasteiger partial charge in [0.15, 0.2) is 5.65 Å². The third-order valence-electron chi connectivity index (χ3n) is 5.43. The number of nitrogen functional groups attached to an aromatic ring is 2. The average Bonchev–Trinajstić information content (AvgIpc) is 3.33. The number of nitrogens with two attached hydrogens (primary N) is 2. The summed E-state index contributed by atoms with van der Waals surface area (Å²) in [6.45, 7) is 2.06. The Hall–Kier alpha value is -3.41. The summed E-state index contributed by atoms with van der Waals surface area (Å²) < 4.78 is 2.29. The number of fused-ring (bicyclic) bond motifs is 1. The van der Waals surface area contributed by atoms with Gasteiger partial charge in [0.2, 0.25) is 0 Å². The van der Waals surface area contributed by atoms with Crippen molar-refractivity contribution in [2.75, 3.05) is 11.5 Å². The molecule has 0 bridgehead atoms. The Bertz CT molecular complexity index is 1140. The molecule has 0 unspecified atom stereocenters. The number of pyridine rings is 2. The van der Waals surface area contributed by atoms with E-state index in [1.165, 1.54) is 5.56 Å². The van der Waals surface area contributed by atoms with Crippen LogP contribution < -0.4 is 11.5 Å². The van der Waals surface area contributed by atoms with Crippen LogP contribution in [0, 0.1) is 12.8 Å². The summed E-state index contributed by atoms with van der Waals surface area (Å²) in [6.07, 6.45) is 2.24. The molecule has 1 aliphatic carbocycles. The second-order valence-electron chi connectivity index (χ2n) is 7.53. The van der Waals surface area contributed by atoms with Crippen LogP contribution in [0.25, 0.3) is 22.4 Å². The zero-order valence-electron chi connectivity index (χ0n) is 15.7. The molecule has 28 heavy (non-hydrogen) atoms. The summed E-state index contributed by atoms with van der Waals surface area (Å²) in [5.74, 6) is 2.42. The quantitative estimate of drug-likeness (QED) is 0.570. The molecule has 2 atom stereocenters. The first kappa shape index (κ1) is 16.7. The topological polar surface area (TPSA) is 95.6 Å². The molecule has 0 aliphatic heterocycles. The smallest absolute Gasteiger partial charge is 0.160 e. The minimum Gasteiger partial charge on any atom is -0.384 e. The van der Waals surface area contributed by atoms with Crippen LogP contribution >= 0.6 is 0 Å². The lowest BCUT2D eigenvalue weighted by molar-refractivity contribution is 0.646. The number of rotatable bonds is 4. The fraction of sp³-hybridized carbons (Fsp3) is 0.227. The molecule has 0 saturated heterocycles. The van der Waals surface area contributed by atoms with Gasteiger partial charge in [0.05, 0.1) is 5.69 Å². The van der Waals surface area contributed by atoms with E-state index in [4.69, 9.17) is 21.4 Å². The van der Waals surface area contributed by atoms with Crippen molar-refractivity contribution in [1.29, 1.82) is 0 Å². The summed E-state index contributed by atoms with van der Waals surface area (Å²) in [6, 6.07) is 18.7. The maximum Gasteiger partial charge on any atom is 0.160 e. The van der Waals surface area contributed by atoms with Crippen molar-refractivity contribution in [2.24, 2.45) is 5.92 Å². The molecule has 6 heteroatoms. The SMILES string of the molecule is Cc1nc2ccc(-c3cc(N)nc(N)c3)nc2n1[C@H]1C[C@H]1Cc1ccccc1. The van der Waals surface area contributed by atoms with Crippen LogP contribution in [0.1, 0.15) is 23.9 Å². The van der Waals surface area contributed by atoms with Gasteiger partial charge in [0, 0.05) is 11.6 Å². The van der Waals surface area contributed by atoms with Gasteiger partial charge in [-0.1, -0.05) is 30.3 Å². The highest BCUT2D eigenvalue weighted by Crippen LogP contribution is 2.47. The van der Waals surface area contributed by atoms with E-state index < -0.39 is 0 Å². The molecule has 4 N–H and O–H groups in total. The summed E-state index contributed by atoms with van der Waals surface area (Å²) in [5.41, 5.74) is 16.6. The van der Waals surface area contributed by atoms with E-state index in [1.54, 1.807) is 12.1 Å². The summed E-state index contributed by atoms with van der Waals surface area (Å²) in [7, 11) is 0. The van der Waals surface area contributed by atoms with E-state index in [2.05, 4.69) is 46.8 Å². The molecular weight excluding hydrogens is 348 g/mol. The van der Waals surface area contributed by atoms with Crippen molar-refractivity contribution in [3.63, 3.8) is 0 Å². The second kappa shape index (κ2) is 6.34. The van der Waals surface area contributed by atoms with Gasteiger partial charge in [0.1, 0.15) is 23.0 Å². The van der Waals surface area contributed by atoms with Gasteiger partial charge in [-0.2, -0.15) is 0 Å². The highest BCUT2D eigenvalue weighted by Gasteiger charge is 2.40. The third-order valence-corrected chi connectivity index (χ3v) is 5.43. The Balaban J connectivity index is 1.50. The number of aromatic nitrogens is 4. The van der Waals surface area contributed by atoms with Crippen LogP contribution in [0.4, 0.5) is 11.6 Å². The van der Waals surface area contributed by atoms with Crippen molar-refractivity contribution in [1.82, 2.24) is 19.5 Å². The third kappa shape index (κ3) is 2.97. The number of anilines is 2. The average molecular weight is 370 g/mol. The monoisotopic (exact) mass is 370 g/mol. The van der Waals surface area contributed by atoms with Gasteiger partial charge >= 0.3 is 0 Å². The van der Waals surface area contributed by atoms with Crippen LogP contribution in [0.2, 0.25) is 0 Å². The molecule has 5 rings (SSSR count). The van der Waals surface area contributed by atoms with E-state index in [-0.39, 0.29) is 0 Å². The Morgan fingerprint density at radius 1 is 0.964 bits per heavy atom. The molecular formula is C22H22N6. The molecule has 1 saturated carbocycles. The molecule has 3 aromatic heterocycles. The molecule has 4 aromatic rings. The fourth-order valence-electron chi connectivity index (χ4n) is 4.05. The number of hydrogen-bond acceptors (Lipinski definition) is 5. The number of hydrogen-bond donors (Lipinski definition) is 2. The predicted molar refractivity (Wildman–Crippen MR) is 112 cm³/mol. The molecule has 1 aromatic carbocycles. The largest absolute Gasteiger partial charge is 0.384 e. The van der Waals surface area contributed by atoms with Crippen LogP contribution in [-0.4, -0.2) is 19.5 Å². The Kier molecular flexibility index (Phi) is 3.79. The van der Waals surface area contributed by atoms with E-state index in [0.717, 1.165) is 41.1 Å². The van der Waals surface area contributed by atoms with Crippen molar-refractivity contribution in [2.45, 2.75) is 25.8 Å². The van der Waals surface area contributed by atoms with Crippen molar-refractivity contribution in [3.8, 4) is 11.3 Å². The van der Waals surface area contributed by atoms with Gasteiger partial charge in [0.25, 0.3) is 0 Å². The van der Waals surface area contributed by atoms with Crippen LogP contribution in [0.5, 0.6) is 0 Å². The minimum atomic E-state index is 0.395. The summed E-state index contributed by atoms with van der Waals surface area (Å²) in [4.78, 5) is 13.7. The van der Waals surface area contributed by atoms with E-state index in [0.29, 0.717) is 23.6 Å². The van der Waals surface area contributed by atoms with Crippen molar-refractivity contribution >= 4 is 22.8 Å². The van der Waals surface area contributed by atoms with E-state index in [1.807, 2.05) is 12.1 Å². The Morgan fingerprint density at radius 2 is 1.71 bits per heavy atom. The molecule has 6 nitrogen and oxygen atoms in total. The van der Waals surface area contributed by atoms with Crippen LogP contribution in [-0.2, 0) is 6.42 Å². The maximum absolute atomic E-state index is 5.86. The van der Waals surface area contributed by atoms with E-state index in [9.17, 15) is 0 Å². The summed E-state index contributed by atoms with van der Waals surface area (Å²) in [5, 5.41) is 0. The fourth-order valence-corrected chi connectivity index (χ4v) is 4.05. The standard InChI is InChI=1S/C22H22N6/c1-13-25-18-8-7-17(15-11-20(23)27-21(24)12-15)26-22(18)28(13)19-10-16(19)9-14-5-3-2-4-6-14/h2-8,11-12,16,19H,9-10H2,1H3,(H4,23,24,27)/t16-,19+/m1/s1. The minimum absolute atomic E-state index is 0.395. The molecule has 0 spiro atoms. The van der Waals surface area contributed by atoms with Crippen LogP contribution in [0.3, 0.4) is 0 Å². The zero-order chi connectivity index (χ0) is 19.3. The molecule has 0 amide bonds. The Morgan fingerprint density at radius 3 is 2.46 bits per heavy atom. The Labute approximate surface area is 163 Å². The van der Waals surface area contributed by atoms with Crippen molar-refractivity contribution in [3.05, 3.63) is 66.0 Å². The summed E-state index contributed by atoms with van der Waals surface area (Å²) >= 11 is 0.